The van der Waals surface area contributed by atoms with Gasteiger partial charge < -0.3 is 9.73 Å². The van der Waals surface area contributed by atoms with E-state index in [4.69, 9.17) is 4.42 Å². The van der Waals surface area contributed by atoms with Crippen LogP contribution in [0.25, 0.3) is 0 Å². The molecule has 1 aliphatic rings. The molecule has 1 heterocycles. The quantitative estimate of drug-likeness (QED) is 0.830. The van der Waals surface area contributed by atoms with E-state index in [9.17, 15) is 4.79 Å². The molecule has 1 aromatic heterocycles. The molecule has 0 bridgehead atoms. The Morgan fingerprint density at radius 3 is 2.89 bits per heavy atom. The number of carbonyl (C=O) groups is 1. The van der Waals surface area contributed by atoms with Gasteiger partial charge in [0.15, 0.2) is 5.89 Å². The molecule has 1 aliphatic carbocycles. The van der Waals surface area contributed by atoms with Gasteiger partial charge in [-0.25, -0.2) is 4.98 Å². The van der Waals surface area contributed by atoms with Crippen molar-refractivity contribution in [1.82, 2.24) is 10.3 Å². The number of hydrogen-bond donors (Lipinski definition) is 1. The zero-order valence-corrected chi connectivity index (χ0v) is 11.8. The van der Waals surface area contributed by atoms with E-state index >= 15 is 0 Å². The Bertz CT molecular complexity index is 474. The zero-order chi connectivity index (χ0) is 13.7. The van der Waals surface area contributed by atoms with Gasteiger partial charge in [0, 0.05) is 13.5 Å². The third-order valence-electron chi connectivity index (χ3n) is 3.47. The van der Waals surface area contributed by atoms with Crippen molar-refractivity contribution in [2.24, 2.45) is 0 Å². The highest BCUT2D eigenvalue weighted by Gasteiger charge is 2.11. The summed E-state index contributed by atoms with van der Waals surface area (Å²) in [5.41, 5.74) is 2.29. The molecule has 19 heavy (non-hydrogen) atoms. The summed E-state index contributed by atoms with van der Waals surface area (Å²) in [5, 5.41) is 2.95. The molecule has 1 N–H and O–H groups in total. The van der Waals surface area contributed by atoms with E-state index in [-0.39, 0.29) is 12.3 Å². The van der Waals surface area contributed by atoms with Gasteiger partial charge in [0.25, 0.3) is 0 Å². The first kappa shape index (κ1) is 13.8. The van der Waals surface area contributed by atoms with E-state index in [0.717, 1.165) is 18.7 Å². The summed E-state index contributed by atoms with van der Waals surface area (Å²) in [6, 6.07) is 0. The smallest absolute Gasteiger partial charge is 0.227 e. The molecule has 1 aromatic rings. The van der Waals surface area contributed by atoms with Gasteiger partial charge in [-0.05, 0) is 39.0 Å². The fourth-order valence-electron chi connectivity index (χ4n) is 2.44. The number of rotatable bonds is 5. The van der Waals surface area contributed by atoms with Crippen LogP contribution in [0.5, 0.6) is 0 Å². The highest BCUT2D eigenvalue weighted by atomic mass is 16.4. The van der Waals surface area contributed by atoms with Crippen LogP contribution in [0.2, 0.25) is 0 Å². The molecule has 1 amide bonds. The molecule has 0 spiro atoms. The van der Waals surface area contributed by atoms with Gasteiger partial charge in [-0.3, -0.25) is 4.79 Å². The van der Waals surface area contributed by atoms with Crippen LogP contribution in [0.4, 0.5) is 0 Å². The largest absolute Gasteiger partial charge is 0.445 e. The third kappa shape index (κ3) is 4.23. The van der Waals surface area contributed by atoms with Gasteiger partial charge in [-0.15, -0.1) is 0 Å². The number of amides is 1. The van der Waals surface area contributed by atoms with Crippen molar-refractivity contribution in [3.63, 3.8) is 0 Å². The Labute approximate surface area is 114 Å². The molecule has 0 unspecified atom stereocenters. The number of hydrogen-bond acceptors (Lipinski definition) is 3. The van der Waals surface area contributed by atoms with Crippen molar-refractivity contribution in [3.05, 3.63) is 29.0 Å². The minimum absolute atomic E-state index is 0.00987. The van der Waals surface area contributed by atoms with Crippen LogP contribution in [0.1, 0.15) is 49.4 Å². The van der Waals surface area contributed by atoms with E-state index in [1.54, 1.807) is 6.92 Å². The van der Waals surface area contributed by atoms with E-state index < -0.39 is 0 Å². The minimum atomic E-state index is 0.00987. The van der Waals surface area contributed by atoms with Gasteiger partial charge in [0.1, 0.15) is 5.76 Å². The van der Waals surface area contributed by atoms with Gasteiger partial charge in [-0.2, -0.15) is 0 Å². The Hall–Kier alpha value is -1.58. The second-order valence-electron chi connectivity index (χ2n) is 5.13. The number of allylic oxidation sites excluding steroid dienone is 1. The standard InChI is InChI=1S/C15H22N2O2/c1-11-14(19-12(2)17-11)10-15(18)16-9-8-13-6-4-3-5-7-13/h6H,3-5,7-10H2,1-2H3,(H,16,18). The van der Waals surface area contributed by atoms with Crippen LogP contribution in [0, 0.1) is 13.8 Å². The lowest BCUT2D eigenvalue weighted by Crippen LogP contribution is -2.26. The topological polar surface area (TPSA) is 55.1 Å². The molecule has 0 saturated carbocycles. The normalized spacial score (nSPS) is 15.2. The van der Waals surface area contributed by atoms with E-state index in [1.807, 2.05) is 6.92 Å². The van der Waals surface area contributed by atoms with Crippen molar-refractivity contribution < 1.29 is 9.21 Å². The summed E-state index contributed by atoms with van der Waals surface area (Å²) in [4.78, 5) is 16.0. The van der Waals surface area contributed by atoms with Crippen LogP contribution in [-0.4, -0.2) is 17.4 Å². The van der Waals surface area contributed by atoms with Crippen molar-refractivity contribution >= 4 is 5.91 Å². The second-order valence-corrected chi connectivity index (χ2v) is 5.13. The first-order chi connectivity index (χ1) is 9.15. The Morgan fingerprint density at radius 1 is 1.42 bits per heavy atom. The molecule has 4 nitrogen and oxygen atoms in total. The maximum Gasteiger partial charge on any atom is 0.227 e. The zero-order valence-electron chi connectivity index (χ0n) is 11.8. The minimum Gasteiger partial charge on any atom is -0.445 e. The summed E-state index contributed by atoms with van der Waals surface area (Å²) in [7, 11) is 0. The fraction of sp³-hybridized carbons (Fsp3) is 0.600. The SMILES string of the molecule is Cc1nc(C)c(CC(=O)NCCC2=CCCCC2)o1. The van der Waals surface area contributed by atoms with Crippen molar-refractivity contribution in [2.45, 2.75) is 52.4 Å². The van der Waals surface area contributed by atoms with Gasteiger partial charge in [0.2, 0.25) is 5.91 Å². The summed E-state index contributed by atoms with van der Waals surface area (Å²) in [5.74, 6) is 1.30. The average Bonchev–Trinajstić information content (AvgIpc) is 2.69. The Kier molecular flexibility index (Phi) is 4.77. The molecule has 0 saturated heterocycles. The molecular weight excluding hydrogens is 240 g/mol. The summed E-state index contributed by atoms with van der Waals surface area (Å²) in [6.45, 7) is 4.38. The number of oxazole rings is 1. The first-order valence-electron chi connectivity index (χ1n) is 7.02. The van der Waals surface area contributed by atoms with Gasteiger partial charge in [0.05, 0.1) is 12.1 Å². The first-order valence-corrected chi connectivity index (χ1v) is 7.02. The number of carbonyl (C=O) groups excluding carboxylic acids is 1. The van der Waals surface area contributed by atoms with Crippen LogP contribution in [0.15, 0.2) is 16.1 Å². The maximum absolute atomic E-state index is 11.8. The third-order valence-corrected chi connectivity index (χ3v) is 3.47. The molecule has 0 atom stereocenters. The van der Waals surface area contributed by atoms with Crippen molar-refractivity contribution in [3.8, 4) is 0 Å². The second kappa shape index (κ2) is 6.55. The van der Waals surface area contributed by atoms with E-state index in [2.05, 4.69) is 16.4 Å². The molecular formula is C15H22N2O2. The van der Waals surface area contributed by atoms with E-state index in [1.165, 1.54) is 31.3 Å². The summed E-state index contributed by atoms with van der Waals surface area (Å²) < 4.78 is 5.40. The number of nitrogens with zero attached hydrogens (tertiary/aromatic N) is 1. The molecule has 0 aliphatic heterocycles. The monoisotopic (exact) mass is 262 g/mol. The molecule has 104 valence electrons. The van der Waals surface area contributed by atoms with E-state index in [0.29, 0.717) is 11.7 Å². The molecule has 4 heteroatoms. The molecule has 0 radical (unpaired) electrons. The Morgan fingerprint density at radius 2 is 2.26 bits per heavy atom. The number of aryl methyl sites for hydroxylation is 2. The predicted molar refractivity (Wildman–Crippen MR) is 73.9 cm³/mol. The maximum atomic E-state index is 11.8. The average molecular weight is 262 g/mol. The fourth-order valence-corrected chi connectivity index (χ4v) is 2.44. The predicted octanol–water partition coefficient (Wildman–Crippen LogP) is 2.84. The lowest BCUT2D eigenvalue weighted by Gasteiger charge is -2.12. The van der Waals surface area contributed by atoms with Crippen molar-refractivity contribution in [1.29, 1.82) is 0 Å². The van der Waals surface area contributed by atoms with Crippen LogP contribution < -0.4 is 5.32 Å². The highest BCUT2D eigenvalue weighted by Crippen LogP contribution is 2.19. The van der Waals surface area contributed by atoms with Gasteiger partial charge >= 0.3 is 0 Å². The molecule has 0 aromatic carbocycles. The number of aromatic nitrogens is 1. The Balaban J connectivity index is 1.72. The van der Waals surface area contributed by atoms with Gasteiger partial charge in [-0.1, -0.05) is 11.6 Å². The van der Waals surface area contributed by atoms with Crippen LogP contribution in [0.3, 0.4) is 0 Å². The molecule has 2 rings (SSSR count). The lowest BCUT2D eigenvalue weighted by molar-refractivity contribution is -0.120. The lowest BCUT2D eigenvalue weighted by atomic mass is 9.97. The van der Waals surface area contributed by atoms with Crippen molar-refractivity contribution in [2.75, 3.05) is 6.54 Å². The van der Waals surface area contributed by atoms with Crippen LogP contribution >= 0.6 is 0 Å². The summed E-state index contributed by atoms with van der Waals surface area (Å²) in [6.07, 6.45) is 8.55. The summed E-state index contributed by atoms with van der Waals surface area (Å²) >= 11 is 0. The number of nitrogens with one attached hydrogen (secondary N) is 1. The highest BCUT2D eigenvalue weighted by molar-refractivity contribution is 5.78. The molecule has 0 fully saturated rings. The van der Waals surface area contributed by atoms with Crippen LogP contribution in [-0.2, 0) is 11.2 Å².